The quantitative estimate of drug-likeness (QED) is 0.260. The van der Waals surface area contributed by atoms with E-state index in [1.165, 1.54) is 13.2 Å². The number of rotatable bonds is 8. The summed E-state index contributed by atoms with van der Waals surface area (Å²) in [4.78, 5) is 29.9. The van der Waals surface area contributed by atoms with Gasteiger partial charge in [0.05, 0.1) is 29.2 Å². The van der Waals surface area contributed by atoms with E-state index in [2.05, 4.69) is 20.9 Å². The normalized spacial score (nSPS) is 15.1. The van der Waals surface area contributed by atoms with Crippen molar-refractivity contribution in [3.8, 4) is 11.5 Å². The third kappa shape index (κ3) is 6.92. The number of methoxy groups -OCH3 is 1. The first kappa shape index (κ1) is 28.5. The lowest BCUT2D eigenvalue weighted by Crippen LogP contribution is -2.14. The van der Waals surface area contributed by atoms with Crippen molar-refractivity contribution in [2.24, 2.45) is 4.99 Å². The van der Waals surface area contributed by atoms with Gasteiger partial charge >= 0.3 is 5.97 Å². The number of aliphatic hydroxyl groups is 1. The van der Waals surface area contributed by atoms with E-state index in [1.54, 1.807) is 49.4 Å². The SMILES string of the molecule is CCOC(=O)C1=C(O)/C(=C/c2ccc(OCc3ccc(Br)cc3)c(OC)c2)SC1=NC(=O)c1ccccc1Cl. The number of ether oxygens (including phenoxy) is 3. The largest absolute Gasteiger partial charge is 0.506 e. The van der Waals surface area contributed by atoms with Crippen molar-refractivity contribution in [3.63, 3.8) is 0 Å². The van der Waals surface area contributed by atoms with Crippen molar-refractivity contribution in [3.05, 3.63) is 109 Å². The maximum absolute atomic E-state index is 12.8. The van der Waals surface area contributed by atoms with E-state index in [9.17, 15) is 14.7 Å². The molecule has 7 nitrogen and oxygen atoms in total. The van der Waals surface area contributed by atoms with Crippen LogP contribution in [0.4, 0.5) is 0 Å². The molecule has 4 rings (SSSR count). The Morgan fingerprint density at radius 1 is 1.08 bits per heavy atom. The van der Waals surface area contributed by atoms with Gasteiger partial charge in [0.2, 0.25) is 0 Å². The minimum Gasteiger partial charge on any atom is -0.506 e. The maximum atomic E-state index is 12.8. The second kappa shape index (κ2) is 13.0. The number of esters is 1. The van der Waals surface area contributed by atoms with Gasteiger partial charge in [0.15, 0.2) is 11.5 Å². The third-order valence-corrected chi connectivity index (χ3v) is 7.35. The number of amides is 1. The number of aliphatic hydroxyl groups excluding tert-OH is 1. The van der Waals surface area contributed by atoms with Crippen LogP contribution in [0.25, 0.3) is 6.08 Å². The molecule has 1 aliphatic rings. The summed E-state index contributed by atoms with van der Waals surface area (Å²) in [7, 11) is 1.53. The molecule has 3 aromatic rings. The molecule has 0 atom stereocenters. The molecular weight excluding hydrogens is 606 g/mol. The number of thioether (sulfide) groups is 1. The Hall–Kier alpha value is -3.53. The predicted molar refractivity (Wildman–Crippen MR) is 157 cm³/mol. The van der Waals surface area contributed by atoms with Crippen LogP contribution >= 0.6 is 39.3 Å². The van der Waals surface area contributed by atoms with Crippen LogP contribution in [-0.2, 0) is 16.1 Å². The van der Waals surface area contributed by atoms with Crippen molar-refractivity contribution in [2.45, 2.75) is 13.5 Å². The molecule has 0 unspecified atom stereocenters. The van der Waals surface area contributed by atoms with E-state index in [4.69, 9.17) is 25.8 Å². The number of carbonyl (C=O) groups is 2. The van der Waals surface area contributed by atoms with Crippen molar-refractivity contribution in [2.75, 3.05) is 13.7 Å². The van der Waals surface area contributed by atoms with Gasteiger partial charge in [-0.3, -0.25) is 4.79 Å². The molecule has 10 heteroatoms. The molecule has 0 aliphatic carbocycles. The van der Waals surface area contributed by atoms with Gasteiger partial charge in [0.25, 0.3) is 5.91 Å². The number of hydrogen-bond donors (Lipinski definition) is 1. The van der Waals surface area contributed by atoms with Crippen LogP contribution < -0.4 is 9.47 Å². The zero-order chi connectivity index (χ0) is 27.9. The van der Waals surface area contributed by atoms with E-state index in [0.717, 1.165) is 21.8 Å². The highest BCUT2D eigenvalue weighted by Gasteiger charge is 2.34. The van der Waals surface area contributed by atoms with Crippen molar-refractivity contribution < 1.29 is 28.9 Å². The number of aliphatic imine (C=N–C) groups is 1. The van der Waals surface area contributed by atoms with Crippen LogP contribution in [0, 0.1) is 0 Å². The fourth-order valence-corrected chi connectivity index (χ4v) is 5.06. The van der Waals surface area contributed by atoms with Crippen LogP contribution in [0.3, 0.4) is 0 Å². The molecule has 0 radical (unpaired) electrons. The average Bonchev–Trinajstić information content (AvgIpc) is 3.22. The summed E-state index contributed by atoms with van der Waals surface area (Å²) in [6.07, 6.45) is 1.66. The fourth-order valence-electron chi connectivity index (χ4n) is 3.57. The summed E-state index contributed by atoms with van der Waals surface area (Å²) < 4.78 is 17.5. The number of carbonyl (C=O) groups excluding carboxylic acids is 2. The average molecular weight is 629 g/mol. The van der Waals surface area contributed by atoms with Gasteiger partial charge < -0.3 is 19.3 Å². The lowest BCUT2D eigenvalue weighted by Gasteiger charge is -2.12. The molecule has 0 bridgehead atoms. The Morgan fingerprint density at radius 2 is 1.82 bits per heavy atom. The van der Waals surface area contributed by atoms with Crippen LogP contribution in [0.5, 0.6) is 11.5 Å². The highest BCUT2D eigenvalue weighted by atomic mass is 79.9. The zero-order valence-electron chi connectivity index (χ0n) is 20.9. The van der Waals surface area contributed by atoms with Crippen molar-refractivity contribution in [1.29, 1.82) is 0 Å². The summed E-state index contributed by atoms with van der Waals surface area (Å²) in [5.41, 5.74) is 1.65. The molecule has 1 aliphatic heterocycles. The molecule has 0 aromatic heterocycles. The highest BCUT2D eigenvalue weighted by Crippen LogP contribution is 2.40. The number of benzene rings is 3. The van der Waals surface area contributed by atoms with E-state index in [1.807, 2.05) is 24.3 Å². The molecule has 39 heavy (non-hydrogen) atoms. The first-order valence-electron chi connectivity index (χ1n) is 11.7. The topological polar surface area (TPSA) is 94.4 Å². The standard InChI is InChI=1S/C29H23BrClNO6S/c1-3-37-29(35)25-26(33)24(39-28(25)32-27(34)20-6-4-5-7-21(20)31)15-18-10-13-22(23(14-18)36-2)38-16-17-8-11-19(30)12-9-17/h4-15,33H,3,16H2,1-2H3/b24-15-,32-28?. The molecule has 200 valence electrons. The molecule has 0 spiro atoms. The summed E-state index contributed by atoms with van der Waals surface area (Å²) in [6, 6.07) is 19.5. The van der Waals surface area contributed by atoms with Gasteiger partial charge in [-0.05, 0) is 60.5 Å². The Kier molecular flexibility index (Phi) is 9.50. The summed E-state index contributed by atoms with van der Waals surface area (Å²) in [5, 5.41) is 11.2. The third-order valence-electron chi connectivity index (χ3n) is 5.47. The van der Waals surface area contributed by atoms with Gasteiger partial charge in [-0.1, -0.05) is 69.6 Å². The lowest BCUT2D eigenvalue weighted by atomic mass is 10.1. The van der Waals surface area contributed by atoms with Crippen LogP contribution in [0.1, 0.15) is 28.4 Å². The Labute approximate surface area is 243 Å². The Morgan fingerprint density at radius 3 is 2.51 bits per heavy atom. The van der Waals surface area contributed by atoms with E-state index in [0.29, 0.717) is 28.6 Å². The molecule has 1 heterocycles. The molecule has 0 fully saturated rings. The van der Waals surface area contributed by atoms with Crippen molar-refractivity contribution >= 4 is 62.3 Å². The van der Waals surface area contributed by atoms with Crippen LogP contribution in [0.15, 0.2) is 92.4 Å². The smallest absolute Gasteiger partial charge is 0.344 e. The minimum absolute atomic E-state index is 0.0172. The van der Waals surface area contributed by atoms with Gasteiger partial charge in [-0.15, -0.1) is 0 Å². The second-order valence-corrected chi connectivity index (χ2v) is 10.4. The summed E-state index contributed by atoms with van der Waals surface area (Å²) in [5.74, 6) is -0.736. The molecule has 1 N–H and O–H groups in total. The fraction of sp³-hybridized carbons (Fsp3) is 0.138. The monoisotopic (exact) mass is 627 g/mol. The Balaban J connectivity index is 1.62. The van der Waals surface area contributed by atoms with Gasteiger partial charge in [0, 0.05) is 4.47 Å². The first-order valence-corrected chi connectivity index (χ1v) is 13.7. The van der Waals surface area contributed by atoms with Gasteiger partial charge in [-0.25, -0.2) is 9.79 Å². The summed E-state index contributed by atoms with van der Waals surface area (Å²) in [6.45, 7) is 2.09. The second-order valence-electron chi connectivity index (χ2n) is 8.08. The number of halogens is 2. The summed E-state index contributed by atoms with van der Waals surface area (Å²) >= 11 is 10.5. The first-order chi connectivity index (χ1) is 18.8. The minimum atomic E-state index is -0.786. The van der Waals surface area contributed by atoms with E-state index < -0.39 is 11.9 Å². The van der Waals surface area contributed by atoms with E-state index in [-0.39, 0.29) is 33.6 Å². The lowest BCUT2D eigenvalue weighted by molar-refractivity contribution is -0.138. The molecule has 3 aromatic carbocycles. The Bertz CT molecular complexity index is 1500. The molecule has 0 saturated heterocycles. The molecule has 1 amide bonds. The molecular formula is C29H23BrClNO6S. The van der Waals surface area contributed by atoms with Crippen molar-refractivity contribution in [1.82, 2.24) is 0 Å². The number of hydrogen-bond acceptors (Lipinski definition) is 7. The zero-order valence-corrected chi connectivity index (χ0v) is 24.1. The maximum Gasteiger partial charge on any atom is 0.344 e. The van der Waals surface area contributed by atoms with Gasteiger partial charge in [-0.2, -0.15) is 0 Å². The van der Waals surface area contributed by atoms with E-state index >= 15 is 0 Å². The highest BCUT2D eigenvalue weighted by molar-refractivity contribution is 9.10. The van der Waals surface area contributed by atoms with Gasteiger partial charge in [0.1, 0.15) is 23.0 Å². The number of nitrogens with zero attached hydrogens (tertiary/aromatic N) is 1. The molecule has 0 saturated carbocycles. The van der Waals surface area contributed by atoms with Crippen LogP contribution in [0.2, 0.25) is 5.02 Å². The van der Waals surface area contributed by atoms with Crippen LogP contribution in [-0.4, -0.2) is 35.7 Å². The predicted octanol–water partition coefficient (Wildman–Crippen LogP) is 7.39.